The Morgan fingerprint density at radius 3 is 2.80 bits per heavy atom. The van der Waals surface area contributed by atoms with Gasteiger partial charge >= 0.3 is 5.97 Å². The first kappa shape index (κ1) is 16.2. The van der Waals surface area contributed by atoms with Gasteiger partial charge in [-0.1, -0.05) is 0 Å². The number of nitrogens with zero attached hydrogens (tertiary/aromatic N) is 3. The van der Waals surface area contributed by atoms with Crippen molar-refractivity contribution in [2.45, 2.75) is 0 Å². The quantitative estimate of drug-likeness (QED) is 0.604. The van der Waals surface area contributed by atoms with E-state index in [4.69, 9.17) is 9.52 Å². The average Bonchev–Trinajstić information content (AvgIpc) is 3.12. The second-order valence-corrected chi connectivity index (χ2v) is 5.11. The van der Waals surface area contributed by atoms with Gasteiger partial charge in [0.15, 0.2) is 5.82 Å². The summed E-state index contributed by atoms with van der Waals surface area (Å²) in [6.07, 6.45) is 4.13. The third-order valence-corrected chi connectivity index (χ3v) is 3.50. The fraction of sp³-hybridized carbons (Fsp3) is 0.133. The van der Waals surface area contributed by atoms with Crippen LogP contribution in [0.1, 0.15) is 10.4 Å². The minimum absolute atomic E-state index is 0.0785. The van der Waals surface area contributed by atoms with Gasteiger partial charge in [-0.25, -0.2) is 9.97 Å². The number of nitrogens with one attached hydrogen (secondary N) is 1. The first-order valence-corrected chi connectivity index (χ1v) is 7.01. The Balaban J connectivity index is 2.16. The fourth-order valence-corrected chi connectivity index (χ4v) is 2.28. The van der Waals surface area contributed by atoms with Crippen molar-refractivity contribution in [2.24, 2.45) is 7.05 Å². The third-order valence-electron chi connectivity index (χ3n) is 3.50. The van der Waals surface area contributed by atoms with Gasteiger partial charge in [0.1, 0.15) is 29.8 Å². The van der Waals surface area contributed by atoms with E-state index >= 15 is 0 Å². The lowest BCUT2D eigenvalue weighted by Crippen LogP contribution is -2.35. The predicted octanol–water partition coefficient (Wildman–Crippen LogP) is 0.109. The molecular weight excluding hydrogens is 332 g/mol. The Morgan fingerprint density at radius 1 is 1.40 bits per heavy atom. The smallest absolute Gasteiger partial charge is 0.322 e. The number of aromatic hydroxyl groups is 1. The molecule has 128 valence electrons. The Labute approximate surface area is 139 Å². The van der Waals surface area contributed by atoms with Crippen LogP contribution >= 0.6 is 0 Å². The van der Waals surface area contributed by atoms with Crippen molar-refractivity contribution >= 4 is 22.9 Å². The van der Waals surface area contributed by atoms with E-state index in [2.05, 4.69) is 9.97 Å². The monoisotopic (exact) mass is 344 g/mol. The SMILES string of the molecule is Cn1c(=O)c(C(=O)NCC(=O)O)c(O)c2cnc(-c3ccoc3)nc21. The number of carbonyl (C=O) groups excluding carboxylic acids is 1. The molecule has 3 rings (SSSR count). The number of aryl methyl sites for hydroxylation is 1. The average molecular weight is 344 g/mol. The molecule has 25 heavy (non-hydrogen) atoms. The highest BCUT2D eigenvalue weighted by molar-refractivity contribution is 6.02. The van der Waals surface area contributed by atoms with Crippen LogP contribution in [-0.4, -0.2) is 43.2 Å². The first-order chi connectivity index (χ1) is 11.9. The number of amides is 1. The van der Waals surface area contributed by atoms with Crippen LogP contribution in [0.2, 0.25) is 0 Å². The summed E-state index contributed by atoms with van der Waals surface area (Å²) in [5.41, 5.74) is -0.693. The van der Waals surface area contributed by atoms with Crippen molar-refractivity contribution in [1.29, 1.82) is 0 Å². The van der Waals surface area contributed by atoms with Crippen LogP contribution < -0.4 is 10.9 Å². The van der Waals surface area contributed by atoms with Crippen LogP contribution in [0.25, 0.3) is 22.4 Å². The molecule has 10 heteroatoms. The molecule has 10 nitrogen and oxygen atoms in total. The number of carbonyl (C=O) groups is 2. The number of aliphatic carboxylic acids is 1. The summed E-state index contributed by atoms with van der Waals surface area (Å²) in [5.74, 6) is -2.61. The lowest BCUT2D eigenvalue weighted by atomic mass is 10.1. The first-order valence-electron chi connectivity index (χ1n) is 7.01. The zero-order chi connectivity index (χ0) is 18.1. The Kier molecular flexibility index (Phi) is 3.93. The Hall–Kier alpha value is -3.69. The number of carboxylic acids is 1. The van der Waals surface area contributed by atoms with Crippen LogP contribution in [0.5, 0.6) is 5.75 Å². The summed E-state index contributed by atoms with van der Waals surface area (Å²) in [6, 6.07) is 1.63. The number of hydrogen-bond donors (Lipinski definition) is 3. The molecule has 3 N–H and O–H groups in total. The van der Waals surface area contributed by atoms with Crippen molar-refractivity contribution in [1.82, 2.24) is 19.9 Å². The summed E-state index contributed by atoms with van der Waals surface area (Å²) in [7, 11) is 1.38. The van der Waals surface area contributed by atoms with Gasteiger partial charge in [-0.3, -0.25) is 19.0 Å². The topological polar surface area (TPSA) is 148 Å². The van der Waals surface area contributed by atoms with Crippen molar-refractivity contribution in [3.05, 3.63) is 40.7 Å². The van der Waals surface area contributed by atoms with Gasteiger partial charge in [-0.05, 0) is 6.07 Å². The van der Waals surface area contributed by atoms with Gasteiger partial charge in [0.05, 0.1) is 17.2 Å². The highest BCUT2D eigenvalue weighted by atomic mass is 16.4. The molecule has 0 radical (unpaired) electrons. The van der Waals surface area contributed by atoms with Gasteiger partial charge < -0.3 is 19.9 Å². The van der Waals surface area contributed by atoms with Crippen molar-refractivity contribution in [3.8, 4) is 17.1 Å². The number of furan rings is 1. The number of carboxylic acid groups (broad SMARTS) is 1. The third kappa shape index (κ3) is 2.80. The molecular formula is C15H12N4O6. The Bertz CT molecular complexity index is 1040. The second-order valence-electron chi connectivity index (χ2n) is 5.11. The molecule has 3 aromatic heterocycles. The van der Waals surface area contributed by atoms with Crippen molar-refractivity contribution in [2.75, 3.05) is 6.54 Å². The van der Waals surface area contributed by atoms with Gasteiger partial charge in [-0.15, -0.1) is 0 Å². The maximum absolute atomic E-state index is 12.4. The molecule has 0 aliphatic carbocycles. The maximum Gasteiger partial charge on any atom is 0.322 e. The molecule has 0 unspecified atom stereocenters. The van der Waals surface area contributed by atoms with Crippen LogP contribution in [0.15, 0.2) is 34.0 Å². The lowest BCUT2D eigenvalue weighted by Gasteiger charge is -2.11. The van der Waals surface area contributed by atoms with E-state index in [0.29, 0.717) is 5.56 Å². The number of fused-ring (bicyclic) bond motifs is 1. The molecule has 0 saturated heterocycles. The predicted molar refractivity (Wildman–Crippen MR) is 84.1 cm³/mol. The van der Waals surface area contributed by atoms with E-state index in [-0.39, 0.29) is 16.9 Å². The van der Waals surface area contributed by atoms with E-state index in [1.165, 1.54) is 25.8 Å². The maximum atomic E-state index is 12.4. The summed E-state index contributed by atoms with van der Waals surface area (Å²) in [4.78, 5) is 43.3. The highest BCUT2D eigenvalue weighted by Gasteiger charge is 2.23. The molecule has 0 aliphatic rings. The largest absolute Gasteiger partial charge is 0.506 e. The Morgan fingerprint density at radius 2 is 2.16 bits per heavy atom. The molecule has 0 aromatic carbocycles. The number of pyridine rings is 1. The van der Waals surface area contributed by atoms with Gasteiger partial charge in [0.25, 0.3) is 11.5 Å². The van der Waals surface area contributed by atoms with Crippen LogP contribution in [0.4, 0.5) is 0 Å². The lowest BCUT2D eigenvalue weighted by molar-refractivity contribution is -0.135. The van der Waals surface area contributed by atoms with Crippen LogP contribution in [0.3, 0.4) is 0 Å². The molecule has 0 saturated carbocycles. The molecule has 0 bridgehead atoms. The van der Waals surface area contributed by atoms with Crippen LogP contribution in [0, 0.1) is 0 Å². The van der Waals surface area contributed by atoms with E-state index in [1.807, 2.05) is 5.32 Å². The van der Waals surface area contributed by atoms with Gasteiger partial charge in [0, 0.05) is 13.2 Å². The van der Waals surface area contributed by atoms with E-state index in [0.717, 1.165) is 4.57 Å². The normalized spacial score (nSPS) is 10.8. The van der Waals surface area contributed by atoms with Crippen molar-refractivity contribution < 1.29 is 24.2 Å². The summed E-state index contributed by atoms with van der Waals surface area (Å²) >= 11 is 0. The highest BCUT2D eigenvalue weighted by Crippen LogP contribution is 2.26. The molecule has 0 spiro atoms. The standard InChI is InChI=1S/C15H12N4O6/c1-19-13-8(4-16-12(18-13)7-2-3-25-6-7)11(22)10(15(19)24)14(23)17-5-9(20)21/h2-4,6,22H,5H2,1H3,(H,17,23)(H,20,21). The van der Waals surface area contributed by atoms with Gasteiger partial charge in [0.2, 0.25) is 0 Å². The molecule has 0 aliphatic heterocycles. The summed E-state index contributed by atoms with van der Waals surface area (Å²) < 4.78 is 6.04. The second kappa shape index (κ2) is 6.07. The molecule has 3 aromatic rings. The van der Waals surface area contributed by atoms with E-state index in [9.17, 15) is 19.5 Å². The summed E-state index contributed by atoms with van der Waals surface area (Å²) in [5, 5.41) is 21.0. The van der Waals surface area contributed by atoms with E-state index in [1.54, 1.807) is 6.07 Å². The van der Waals surface area contributed by atoms with Gasteiger partial charge in [-0.2, -0.15) is 0 Å². The van der Waals surface area contributed by atoms with Crippen molar-refractivity contribution in [3.63, 3.8) is 0 Å². The molecule has 0 atom stereocenters. The number of hydrogen-bond acceptors (Lipinski definition) is 7. The molecule has 0 fully saturated rings. The minimum Gasteiger partial charge on any atom is -0.506 e. The fourth-order valence-electron chi connectivity index (χ4n) is 2.28. The minimum atomic E-state index is -1.28. The summed E-state index contributed by atoms with van der Waals surface area (Å²) in [6.45, 7) is -0.685. The molecule has 1 amide bonds. The number of aromatic nitrogens is 3. The number of rotatable bonds is 4. The zero-order valence-electron chi connectivity index (χ0n) is 12.9. The molecule has 3 heterocycles. The zero-order valence-corrected chi connectivity index (χ0v) is 12.9. The van der Waals surface area contributed by atoms with Crippen LogP contribution in [-0.2, 0) is 11.8 Å². The van der Waals surface area contributed by atoms with E-state index < -0.39 is 35.3 Å².